The fraction of sp³-hybridized carbons (Fsp3) is 0.379. The van der Waals surface area contributed by atoms with Gasteiger partial charge in [-0.3, -0.25) is 9.59 Å². The SMILES string of the molecule is CCC(=O)N1CCc2ccc(OCc3ccc(C(=O)NC[C@H]4CCCO4)o3)cc2[C@H]1c1cccc(F)c1. The molecule has 3 aromatic rings. The largest absolute Gasteiger partial charge is 0.486 e. The van der Waals surface area contributed by atoms with E-state index in [1.165, 1.54) is 12.1 Å². The van der Waals surface area contributed by atoms with Crippen LogP contribution in [0.2, 0.25) is 0 Å². The van der Waals surface area contributed by atoms with Gasteiger partial charge in [0.1, 0.15) is 23.9 Å². The highest BCUT2D eigenvalue weighted by Gasteiger charge is 2.32. The Morgan fingerprint density at radius 1 is 1.16 bits per heavy atom. The minimum absolute atomic E-state index is 0.0205. The Hall–Kier alpha value is -3.65. The van der Waals surface area contributed by atoms with Crippen LogP contribution < -0.4 is 10.1 Å². The lowest BCUT2D eigenvalue weighted by Gasteiger charge is -2.38. The molecule has 1 N–H and O–H groups in total. The molecule has 37 heavy (non-hydrogen) atoms. The molecule has 3 heterocycles. The lowest BCUT2D eigenvalue weighted by atomic mass is 9.87. The number of furan rings is 1. The number of hydrogen-bond acceptors (Lipinski definition) is 5. The van der Waals surface area contributed by atoms with Gasteiger partial charge in [-0.2, -0.15) is 0 Å². The Bertz CT molecular complexity index is 1270. The molecule has 0 spiro atoms. The van der Waals surface area contributed by atoms with Crippen molar-refractivity contribution in [2.75, 3.05) is 19.7 Å². The molecule has 1 aromatic heterocycles. The highest BCUT2D eigenvalue weighted by Crippen LogP contribution is 2.38. The van der Waals surface area contributed by atoms with Crippen molar-refractivity contribution in [3.05, 3.63) is 88.6 Å². The quantitative estimate of drug-likeness (QED) is 0.475. The highest BCUT2D eigenvalue weighted by molar-refractivity contribution is 5.91. The summed E-state index contributed by atoms with van der Waals surface area (Å²) >= 11 is 0. The van der Waals surface area contributed by atoms with Gasteiger partial charge in [0.05, 0.1) is 12.1 Å². The molecule has 2 amide bonds. The molecule has 0 saturated carbocycles. The van der Waals surface area contributed by atoms with Gasteiger partial charge in [-0.05, 0) is 72.4 Å². The molecule has 0 unspecified atom stereocenters. The lowest BCUT2D eigenvalue weighted by molar-refractivity contribution is -0.132. The molecule has 7 nitrogen and oxygen atoms in total. The summed E-state index contributed by atoms with van der Waals surface area (Å²) in [6, 6.07) is 15.2. The van der Waals surface area contributed by atoms with Crippen molar-refractivity contribution < 1.29 is 27.9 Å². The Kier molecular flexibility index (Phi) is 7.55. The summed E-state index contributed by atoms with van der Waals surface area (Å²) in [5.41, 5.74) is 2.75. The van der Waals surface area contributed by atoms with Gasteiger partial charge in [-0.25, -0.2) is 4.39 Å². The van der Waals surface area contributed by atoms with Gasteiger partial charge in [0, 0.05) is 26.1 Å². The summed E-state index contributed by atoms with van der Waals surface area (Å²) in [6.07, 6.45) is 3.12. The number of rotatable bonds is 8. The monoisotopic (exact) mass is 506 g/mol. The molecule has 1 saturated heterocycles. The molecule has 2 atom stereocenters. The summed E-state index contributed by atoms with van der Waals surface area (Å²) in [5, 5.41) is 2.85. The van der Waals surface area contributed by atoms with Crippen LogP contribution in [0, 0.1) is 5.82 Å². The van der Waals surface area contributed by atoms with E-state index in [-0.39, 0.29) is 36.1 Å². The standard InChI is InChI=1S/C29H31FN2O5/c1-2-27(33)32-13-12-19-8-9-22(16-25(19)28(32)20-5-3-6-21(30)15-20)36-18-24-10-11-26(37-24)29(34)31-17-23-7-4-14-35-23/h3,5-6,8-11,15-16,23,28H,2,4,7,12-14,17-18H2,1H3,(H,31,34)/t23-,28-/m1/s1. The third-order valence-electron chi connectivity index (χ3n) is 6.91. The van der Waals surface area contributed by atoms with E-state index in [1.54, 1.807) is 18.2 Å². The molecule has 0 aliphatic carbocycles. The van der Waals surface area contributed by atoms with Gasteiger partial charge in [0.25, 0.3) is 5.91 Å². The van der Waals surface area contributed by atoms with Crippen LogP contribution in [0.15, 0.2) is 59.0 Å². The minimum Gasteiger partial charge on any atom is -0.486 e. The van der Waals surface area contributed by atoms with E-state index >= 15 is 0 Å². The normalized spacial score (nSPS) is 18.9. The van der Waals surface area contributed by atoms with Crippen LogP contribution in [-0.4, -0.2) is 42.5 Å². The number of nitrogens with zero attached hydrogens (tertiary/aromatic N) is 1. The first-order chi connectivity index (χ1) is 18.0. The van der Waals surface area contributed by atoms with E-state index < -0.39 is 6.04 Å². The Balaban J connectivity index is 1.30. The van der Waals surface area contributed by atoms with Crippen LogP contribution in [0.3, 0.4) is 0 Å². The van der Waals surface area contributed by atoms with Crippen molar-refractivity contribution >= 4 is 11.8 Å². The van der Waals surface area contributed by atoms with Gasteiger partial charge in [0.2, 0.25) is 5.91 Å². The zero-order chi connectivity index (χ0) is 25.8. The zero-order valence-corrected chi connectivity index (χ0v) is 20.9. The maximum absolute atomic E-state index is 14.1. The first-order valence-corrected chi connectivity index (χ1v) is 12.8. The third kappa shape index (κ3) is 5.69. The Morgan fingerprint density at radius 3 is 2.84 bits per heavy atom. The summed E-state index contributed by atoms with van der Waals surface area (Å²) in [5.74, 6) is 0.744. The van der Waals surface area contributed by atoms with Crippen molar-refractivity contribution in [1.29, 1.82) is 0 Å². The number of nitrogens with one attached hydrogen (secondary N) is 1. The number of halogens is 1. The number of carbonyl (C=O) groups is 2. The lowest BCUT2D eigenvalue weighted by Crippen LogP contribution is -2.40. The van der Waals surface area contributed by atoms with Crippen LogP contribution in [0.4, 0.5) is 4.39 Å². The fourth-order valence-corrected chi connectivity index (χ4v) is 5.02. The summed E-state index contributed by atoms with van der Waals surface area (Å²) < 4.78 is 31.3. The number of fused-ring (bicyclic) bond motifs is 1. The van der Waals surface area contributed by atoms with Crippen molar-refractivity contribution in [2.45, 2.75) is 51.4 Å². The molecule has 2 aliphatic heterocycles. The van der Waals surface area contributed by atoms with E-state index in [1.807, 2.05) is 36.1 Å². The zero-order valence-electron chi connectivity index (χ0n) is 20.9. The maximum atomic E-state index is 14.1. The second kappa shape index (κ2) is 11.2. The van der Waals surface area contributed by atoms with E-state index in [9.17, 15) is 14.0 Å². The number of carbonyl (C=O) groups excluding carboxylic acids is 2. The van der Waals surface area contributed by atoms with Crippen molar-refractivity contribution in [3.8, 4) is 5.75 Å². The van der Waals surface area contributed by atoms with Crippen LogP contribution >= 0.6 is 0 Å². The average Bonchev–Trinajstić information content (AvgIpc) is 3.62. The van der Waals surface area contributed by atoms with Crippen molar-refractivity contribution in [3.63, 3.8) is 0 Å². The number of hydrogen-bond donors (Lipinski definition) is 1. The third-order valence-corrected chi connectivity index (χ3v) is 6.91. The van der Waals surface area contributed by atoms with Crippen LogP contribution in [-0.2, 0) is 22.6 Å². The summed E-state index contributed by atoms with van der Waals surface area (Å²) in [4.78, 5) is 27.0. The Morgan fingerprint density at radius 2 is 2.05 bits per heavy atom. The molecule has 2 aromatic carbocycles. The second-order valence-electron chi connectivity index (χ2n) is 9.41. The molecule has 0 radical (unpaired) electrons. The molecule has 194 valence electrons. The molecule has 0 bridgehead atoms. The van der Waals surface area contributed by atoms with Gasteiger partial charge in [-0.15, -0.1) is 0 Å². The van der Waals surface area contributed by atoms with Crippen LogP contribution in [0.5, 0.6) is 5.75 Å². The summed E-state index contributed by atoms with van der Waals surface area (Å²) in [7, 11) is 0. The molecule has 5 rings (SSSR count). The molecular weight excluding hydrogens is 475 g/mol. The summed E-state index contributed by atoms with van der Waals surface area (Å²) in [6.45, 7) is 3.75. The van der Waals surface area contributed by atoms with Gasteiger partial charge in [-0.1, -0.05) is 25.1 Å². The van der Waals surface area contributed by atoms with Crippen molar-refractivity contribution in [1.82, 2.24) is 10.2 Å². The fourth-order valence-electron chi connectivity index (χ4n) is 5.02. The predicted octanol–water partition coefficient (Wildman–Crippen LogP) is 4.79. The number of amides is 2. The van der Waals surface area contributed by atoms with Crippen molar-refractivity contribution in [2.24, 2.45) is 0 Å². The number of benzene rings is 2. The smallest absolute Gasteiger partial charge is 0.287 e. The molecule has 2 aliphatic rings. The first-order valence-electron chi connectivity index (χ1n) is 12.8. The van der Waals surface area contributed by atoms with Crippen LogP contribution in [0.1, 0.15) is 65.2 Å². The molecule has 1 fully saturated rings. The van der Waals surface area contributed by atoms with Crippen LogP contribution in [0.25, 0.3) is 0 Å². The topological polar surface area (TPSA) is 81.0 Å². The first kappa shape index (κ1) is 25.0. The van der Waals surface area contributed by atoms with Gasteiger partial charge in [0.15, 0.2) is 5.76 Å². The van der Waals surface area contributed by atoms with Gasteiger partial charge < -0.3 is 24.1 Å². The molecule has 8 heteroatoms. The highest BCUT2D eigenvalue weighted by atomic mass is 19.1. The average molecular weight is 507 g/mol. The van der Waals surface area contributed by atoms with E-state index in [0.29, 0.717) is 31.0 Å². The Labute approximate surface area is 215 Å². The predicted molar refractivity (Wildman–Crippen MR) is 135 cm³/mol. The van der Waals surface area contributed by atoms with E-state index in [0.717, 1.165) is 42.6 Å². The minimum atomic E-state index is -0.391. The second-order valence-corrected chi connectivity index (χ2v) is 9.41. The number of ether oxygens (including phenoxy) is 2. The van der Waals surface area contributed by atoms with Gasteiger partial charge >= 0.3 is 0 Å². The van der Waals surface area contributed by atoms with E-state index in [4.69, 9.17) is 13.9 Å². The molecular formula is C29H31FN2O5. The van der Waals surface area contributed by atoms with E-state index in [2.05, 4.69) is 5.32 Å². The maximum Gasteiger partial charge on any atom is 0.287 e.